The van der Waals surface area contributed by atoms with Crippen molar-refractivity contribution in [3.05, 3.63) is 35.0 Å². The number of alkyl halides is 3. The molecule has 1 N–H and O–H groups in total. The third-order valence-electron chi connectivity index (χ3n) is 4.89. The molecule has 3 nitrogen and oxygen atoms in total. The predicted molar refractivity (Wildman–Crippen MR) is 75.1 cm³/mol. The Balaban J connectivity index is 2.09. The molecule has 0 bridgehead atoms. The van der Waals surface area contributed by atoms with Gasteiger partial charge in [0, 0.05) is 11.8 Å². The van der Waals surface area contributed by atoms with E-state index in [2.05, 4.69) is 10.2 Å². The topological polar surface area (TPSA) is 45.8 Å². The van der Waals surface area contributed by atoms with Gasteiger partial charge >= 0.3 is 6.18 Å². The van der Waals surface area contributed by atoms with Gasteiger partial charge in [0.25, 0.3) is 0 Å². The fourth-order valence-corrected chi connectivity index (χ4v) is 3.91. The Morgan fingerprint density at radius 3 is 2.82 bits per heavy atom. The molecule has 114 valence electrons. The van der Waals surface area contributed by atoms with Crippen LogP contribution in [0, 0.1) is 5.41 Å². The molecule has 0 saturated heterocycles. The van der Waals surface area contributed by atoms with Crippen molar-refractivity contribution >= 4 is 22.3 Å². The SMILES string of the molecule is C[C@@]12CCC(=O)C(C(F)(F)F)=C1c1ccc3[nH]ncc3c1C2. The second-order valence-corrected chi connectivity index (χ2v) is 6.33. The lowest BCUT2D eigenvalue weighted by Gasteiger charge is -2.33. The minimum atomic E-state index is -4.61. The number of halogens is 3. The molecule has 22 heavy (non-hydrogen) atoms. The van der Waals surface area contributed by atoms with Gasteiger partial charge in [0.15, 0.2) is 5.78 Å². The molecule has 2 aromatic rings. The van der Waals surface area contributed by atoms with Gasteiger partial charge in [0.2, 0.25) is 0 Å². The second kappa shape index (κ2) is 4.00. The number of hydrogen-bond acceptors (Lipinski definition) is 2. The predicted octanol–water partition coefficient (Wildman–Crippen LogP) is 3.80. The minimum Gasteiger partial charge on any atom is -0.294 e. The number of benzene rings is 1. The van der Waals surface area contributed by atoms with Crippen molar-refractivity contribution in [2.45, 2.75) is 32.4 Å². The fourth-order valence-electron chi connectivity index (χ4n) is 3.91. The largest absolute Gasteiger partial charge is 0.420 e. The zero-order valence-corrected chi connectivity index (χ0v) is 11.8. The molecule has 0 saturated carbocycles. The molecule has 0 aliphatic heterocycles. The number of carbonyl (C=O) groups is 1. The van der Waals surface area contributed by atoms with Crippen molar-refractivity contribution in [3.63, 3.8) is 0 Å². The van der Waals surface area contributed by atoms with Gasteiger partial charge in [0.05, 0.1) is 11.7 Å². The lowest BCUT2D eigenvalue weighted by molar-refractivity contribution is -0.130. The number of ketones is 1. The summed E-state index contributed by atoms with van der Waals surface area (Å²) < 4.78 is 40.4. The van der Waals surface area contributed by atoms with Crippen molar-refractivity contribution in [2.24, 2.45) is 5.41 Å². The van der Waals surface area contributed by atoms with Crippen LogP contribution < -0.4 is 0 Å². The molecule has 2 aliphatic rings. The molecular formula is C16H13F3N2O. The van der Waals surface area contributed by atoms with E-state index in [-0.39, 0.29) is 12.0 Å². The number of Topliss-reactive ketones (excluding diaryl/α,β-unsaturated/α-hetero) is 1. The van der Waals surface area contributed by atoms with Crippen LogP contribution in [0.1, 0.15) is 30.9 Å². The highest BCUT2D eigenvalue weighted by atomic mass is 19.4. The molecule has 1 aromatic carbocycles. The summed E-state index contributed by atoms with van der Waals surface area (Å²) >= 11 is 0. The average Bonchev–Trinajstić information content (AvgIpc) is 2.99. The molecule has 1 aromatic heterocycles. The molecule has 4 rings (SSSR count). The van der Waals surface area contributed by atoms with E-state index in [1.807, 2.05) is 6.92 Å². The standard InChI is InChI=1S/C16H13F3N2O/c1-15-5-4-12(22)14(16(17,18)19)13(15)8-2-3-11-10(7-20-21-11)9(8)6-15/h2-3,7H,4-6H2,1H3,(H,20,21)/t15-/m0/s1. The zero-order chi connectivity index (χ0) is 15.7. The van der Waals surface area contributed by atoms with Crippen LogP contribution in [-0.2, 0) is 11.2 Å². The van der Waals surface area contributed by atoms with Gasteiger partial charge in [-0.25, -0.2) is 0 Å². The van der Waals surface area contributed by atoms with E-state index in [4.69, 9.17) is 0 Å². The fraction of sp³-hybridized carbons (Fsp3) is 0.375. The van der Waals surface area contributed by atoms with E-state index in [1.54, 1.807) is 18.3 Å². The van der Waals surface area contributed by atoms with Crippen LogP contribution in [0.4, 0.5) is 13.2 Å². The van der Waals surface area contributed by atoms with Crippen molar-refractivity contribution < 1.29 is 18.0 Å². The van der Waals surface area contributed by atoms with Gasteiger partial charge in [-0.3, -0.25) is 9.89 Å². The van der Waals surface area contributed by atoms with Crippen LogP contribution in [-0.4, -0.2) is 22.2 Å². The first-order chi connectivity index (χ1) is 10.3. The summed E-state index contributed by atoms with van der Waals surface area (Å²) in [6, 6.07) is 3.41. The normalized spacial score (nSPS) is 24.8. The molecule has 0 fully saturated rings. The molecule has 6 heteroatoms. The molecule has 0 amide bonds. The zero-order valence-electron chi connectivity index (χ0n) is 11.8. The van der Waals surface area contributed by atoms with Crippen molar-refractivity contribution in [3.8, 4) is 0 Å². The van der Waals surface area contributed by atoms with Gasteiger partial charge in [-0.05, 0) is 41.0 Å². The number of rotatable bonds is 0. The van der Waals surface area contributed by atoms with E-state index < -0.39 is 22.9 Å². The number of allylic oxidation sites excluding steroid dienone is 2. The maximum Gasteiger partial charge on any atom is 0.420 e. The Bertz CT molecular complexity index is 847. The van der Waals surface area contributed by atoms with E-state index >= 15 is 0 Å². The van der Waals surface area contributed by atoms with Crippen molar-refractivity contribution in [1.29, 1.82) is 0 Å². The minimum absolute atomic E-state index is 0.0443. The van der Waals surface area contributed by atoms with Crippen LogP contribution in [0.3, 0.4) is 0 Å². The maximum atomic E-state index is 13.5. The molecule has 2 aliphatic carbocycles. The first-order valence-corrected chi connectivity index (χ1v) is 7.12. The number of nitrogens with zero attached hydrogens (tertiary/aromatic N) is 1. The second-order valence-electron chi connectivity index (χ2n) is 6.33. The van der Waals surface area contributed by atoms with Gasteiger partial charge < -0.3 is 0 Å². The van der Waals surface area contributed by atoms with E-state index in [1.165, 1.54) is 0 Å². The summed E-state index contributed by atoms with van der Waals surface area (Å²) in [6.45, 7) is 1.83. The number of aromatic nitrogens is 2. The summed E-state index contributed by atoms with van der Waals surface area (Å²) in [5.41, 5.74) is 0.808. The third-order valence-corrected chi connectivity index (χ3v) is 4.89. The highest BCUT2D eigenvalue weighted by molar-refractivity contribution is 6.08. The molecule has 0 unspecified atom stereocenters. The van der Waals surface area contributed by atoms with E-state index in [0.717, 1.165) is 16.5 Å². The number of H-pyrrole nitrogens is 1. The summed E-state index contributed by atoms with van der Waals surface area (Å²) in [5.74, 6) is -0.792. The first kappa shape index (κ1) is 13.5. The Morgan fingerprint density at radius 1 is 1.32 bits per heavy atom. The lowest BCUT2D eigenvalue weighted by atomic mass is 9.71. The highest BCUT2D eigenvalue weighted by Gasteiger charge is 2.51. The van der Waals surface area contributed by atoms with Crippen LogP contribution in [0.2, 0.25) is 0 Å². The van der Waals surface area contributed by atoms with Crippen LogP contribution in [0.25, 0.3) is 16.5 Å². The summed E-state index contributed by atoms with van der Waals surface area (Å²) in [7, 11) is 0. The highest BCUT2D eigenvalue weighted by Crippen LogP contribution is 2.56. The van der Waals surface area contributed by atoms with Gasteiger partial charge in [-0.1, -0.05) is 13.0 Å². The maximum absolute atomic E-state index is 13.5. The Labute approximate surface area is 124 Å². The van der Waals surface area contributed by atoms with Crippen LogP contribution in [0.15, 0.2) is 23.9 Å². The number of aromatic amines is 1. The van der Waals surface area contributed by atoms with E-state index in [0.29, 0.717) is 18.4 Å². The molecule has 0 spiro atoms. The third kappa shape index (κ3) is 1.63. The molecule has 0 radical (unpaired) electrons. The molecule has 1 heterocycles. The van der Waals surface area contributed by atoms with E-state index in [9.17, 15) is 18.0 Å². The lowest BCUT2D eigenvalue weighted by Crippen LogP contribution is -2.32. The Kier molecular flexibility index (Phi) is 2.46. The molecular weight excluding hydrogens is 293 g/mol. The smallest absolute Gasteiger partial charge is 0.294 e. The van der Waals surface area contributed by atoms with Gasteiger partial charge in [0.1, 0.15) is 5.57 Å². The van der Waals surface area contributed by atoms with Gasteiger partial charge in [-0.15, -0.1) is 0 Å². The number of carbonyl (C=O) groups excluding carboxylic acids is 1. The monoisotopic (exact) mass is 306 g/mol. The summed E-state index contributed by atoms with van der Waals surface area (Å²) in [6.07, 6.45) is -2.04. The van der Waals surface area contributed by atoms with Crippen LogP contribution >= 0.6 is 0 Å². The first-order valence-electron chi connectivity index (χ1n) is 7.12. The van der Waals surface area contributed by atoms with Crippen molar-refractivity contribution in [1.82, 2.24) is 10.2 Å². The van der Waals surface area contributed by atoms with Gasteiger partial charge in [-0.2, -0.15) is 18.3 Å². The number of hydrogen-bond donors (Lipinski definition) is 1. The Hall–Kier alpha value is -2.11. The summed E-state index contributed by atoms with van der Waals surface area (Å²) in [5, 5.41) is 7.65. The molecule has 1 atom stereocenters. The quantitative estimate of drug-likeness (QED) is 0.804. The summed E-state index contributed by atoms with van der Waals surface area (Å²) in [4.78, 5) is 12.0. The average molecular weight is 306 g/mol. The van der Waals surface area contributed by atoms with Crippen LogP contribution in [0.5, 0.6) is 0 Å². The van der Waals surface area contributed by atoms with Crippen molar-refractivity contribution in [2.75, 3.05) is 0 Å². The Morgan fingerprint density at radius 2 is 2.09 bits per heavy atom. The number of fused-ring (bicyclic) bond motifs is 5. The number of nitrogens with one attached hydrogen (secondary N) is 1.